The topological polar surface area (TPSA) is 62.1 Å². The third kappa shape index (κ3) is 3.21. The molecule has 0 amide bonds. The molecule has 1 aliphatic heterocycles. The molecule has 136 valence electrons. The highest BCUT2D eigenvalue weighted by atomic mass is 35.5. The number of hydrogen-bond acceptors (Lipinski definition) is 4. The number of piperidine rings is 1. The third-order valence-electron chi connectivity index (χ3n) is 5.26. The zero-order valence-corrected chi connectivity index (χ0v) is 15.8. The third-order valence-corrected chi connectivity index (χ3v) is 5.75. The zero-order chi connectivity index (χ0) is 17.7. The van der Waals surface area contributed by atoms with E-state index in [1.165, 1.54) is 12.8 Å². The standard InChI is InChI=1S/C18H20Cl2N6/c19-13-6-15(20)18-21-14(10-26(18)8-13)9-25-5-1-2-12(7-25)17-22-16(23-24-17)11-3-4-11/h6,8,10-12H,1-5,7,9H2,(H,22,23,24)/t12-/m1/s1. The summed E-state index contributed by atoms with van der Waals surface area (Å²) in [5.74, 6) is 3.05. The molecule has 2 fully saturated rings. The van der Waals surface area contributed by atoms with Gasteiger partial charge in [-0.1, -0.05) is 23.2 Å². The zero-order valence-electron chi connectivity index (χ0n) is 14.3. The Labute approximate surface area is 161 Å². The van der Waals surface area contributed by atoms with Crippen LogP contribution in [-0.2, 0) is 6.54 Å². The molecule has 3 aromatic rings. The summed E-state index contributed by atoms with van der Waals surface area (Å²) < 4.78 is 1.90. The van der Waals surface area contributed by atoms with Gasteiger partial charge in [-0.2, -0.15) is 5.10 Å². The van der Waals surface area contributed by atoms with Crippen LogP contribution in [0.2, 0.25) is 10.0 Å². The Balaban J connectivity index is 1.31. The summed E-state index contributed by atoms with van der Waals surface area (Å²) in [4.78, 5) is 11.9. The number of nitrogens with zero attached hydrogens (tertiary/aromatic N) is 5. The van der Waals surface area contributed by atoms with Crippen LogP contribution in [0.5, 0.6) is 0 Å². The molecule has 6 nitrogen and oxygen atoms in total. The maximum absolute atomic E-state index is 6.25. The Morgan fingerprint density at radius 2 is 2.00 bits per heavy atom. The van der Waals surface area contributed by atoms with Crippen molar-refractivity contribution in [3.8, 4) is 0 Å². The monoisotopic (exact) mass is 390 g/mol. The minimum atomic E-state index is 0.391. The number of rotatable bonds is 4. The molecular weight excluding hydrogens is 371 g/mol. The molecule has 0 bridgehead atoms. The maximum atomic E-state index is 6.25. The Morgan fingerprint density at radius 1 is 1.12 bits per heavy atom. The Morgan fingerprint density at radius 3 is 2.85 bits per heavy atom. The summed E-state index contributed by atoms with van der Waals surface area (Å²) in [6.07, 6.45) is 8.63. The van der Waals surface area contributed by atoms with Crippen LogP contribution < -0.4 is 0 Å². The van der Waals surface area contributed by atoms with Gasteiger partial charge in [-0.15, -0.1) is 0 Å². The quantitative estimate of drug-likeness (QED) is 0.730. The Hall–Kier alpha value is -1.63. The van der Waals surface area contributed by atoms with Crippen LogP contribution in [0.4, 0.5) is 0 Å². The lowest BCUT2D eigenvalue weighted by atomic mass is 9.97. The number of aromatic nitrogens is 5. The largest absolute Gasteiger partial charge is 0.304 e. The van der Waals surface area contributed by atoms with E-state index in [9.17, 15) is 0 Å². The molecule has 1 saturated heterocycles. The number of nitrogens with one attached hydrogen (secondary N) is 1. The minimum absolute atomic E-state index is 0.391. The molecule has 0 radical (unpaired) electrons. The van der Waals surface area contributed by atoms with Gasteiger partial charge in [0.1, 0.15) is 5.82 Å². The normalized spacial score (nSPS) is 21.5. The first kappa shape index (κ1) is 16.5. The van der Waals surface area contributed by atoms with Crippen LogP contribution in [-0.4, -0.2) is 42.6 Å². The van der Waals surface area contributed by atoms with Gasteiger partial charge in [0.15, 0.2) is 11.5 Å². The first-order valence-electron chi connectivity index (χ1n) is 9.13. The fourth-order valence-corrected chi connectivity index (χ4v) is 4.33. The van der Waals surface area contributed by atoms with Crippen molar-refractivity contribution < 1.29 is 0 Å². The lowest BCUT2D eigenvalue weighted by Gasteiger charge is -2.30. The molecule has 1 atom stereocenters. The smallest absolute Gasteiger partial charge is 0.156 e. The summed E-state index contributed by atoms with van der Waals surface area (Å²) in [5.41, 5.74) is 1.76. The van der Waals surface area contributed by atoms with Crippen molar-refractivity contribution in [2.75, 3.05) is 13.1 Å². The second kappa shape index (κ2) is 6.51. The molecule has 5 rings (SSSR count). The molecule has 0 unspecified atom stereocenters. The lowest BCUT2D eigenvalue weighted by Crippen LogP contribution is -2.34. The van der Waals surface area contributed by atoms with E-state index in [-0.39, 0.29) is 0 Å². The number of aromatic amines is 1. The predicted octanol–water partition coefficient (Wildman–Crippen LogP) is 4.02. The minimum Gasteiger partial charge on any atom is -0.304 e. The highest BCUT2D eigenvalue weighted by Crippen LogP contribution is 2.38. The molecule has 4 heterocycles. The average Bonchev–Trinajstić information content (AvgIpc) is 3.20. The van der Waals surface area contributed by atoms with E-state index in [1.54, 1.807) is 6.07 Å². The van der Waals surface area contributed by atoms with Gasteiger partial charge in [0, 0.05) is 37.3 Å². The van der Waals surface area contributed by atoms with Crippen molar-refractivity contribution >= 4 is 28.8 Å². The van der Waals surface area contributed by atoms with E-state index in [0.29, 0.717) is 21.9 Å². The van der Waals surface area contributed by atoms with Crippen molar-refractivity contribution in [3.63, 3.8) is 0 Å². The number of H-pyrrole nitrogens is 1. The van der Waals surface area contributed by atoms with Crippen LogP contribution in [0.3, 0.4) is 0 Å². The molecular formula is C18H20Cl2N6. The first-order valence-corrected chi connectivity index (χ1v) is 9.88. The fourth-order valence-electron chi connectivity index (χ4n) is 3.80. The van der Waals surface area contributed by atoms with Gasteiger partial charge in [-0.3, -0.25) is 10.00 Å². The van der Waals surface area contributed by atoms with Crippen LogP contribution in [0.15, 0.2) is 18.5 Å². The summed E-state index contributed by atoms with van der Waals surface area (Å²) in [5, 5.41) is 8.81. The number of fused-ring (bicyclic) bond motifs is 1. The molecule has 3 aromatic heterocycles. The van der Waals surface area contributed by atoms with Crippen LogP contribution in [0.25, 0.3) is 5.65 Å². The van der Waals surface area contributed by atoms with Crippen LogP contribution in [0, 0.1) is 0 Å². The number of likely N-dealkylation sites (tertiary alicyclic amines) is 1. The lowest BCUT2D eigenvalue weighted by molar-refractivity contribution is 0.195. The van der Waals surface area contributed by atoms with E-state index in [4.69, 9.17) is 28.2 Å². The summed E-state index contributed by atoms with van der Waals surface area (Å²) in [6, 6.07) is 1.73. The van der Waals surface area contributed by atoms with Crippen molar-refractivity contribution in [1.82, 2.24) is 29.5 Å². The van der Waals surface area contributed by atoms with Crippen LogP contribution >= 0.6 is 23.2 Å². The van der Waals surface area contributed by atoms with Gasteiger partial charge < -0.3 is 4.40 Å². The summed E-state index contributed by atoms with van der Waals surface area (Å²) in [6.45, 7) is 2.83. The highest BCUT2D eigenvalue weighted by Gasteiger charge is 2.30. The molecule has 8 heteroatoms. The van der Waals surface area contributed by atoms with Gasteiger partial charge in [0.25, 0.3) is 0 Å². The second-order valence-electron chi connectivity index (χ2n) is 7.40. The molecule has 0 spiro atoms. The van der Waals surface area contributed by atoms with Crippen molar-refractivity contribution in [2.45, 2.75) is 44.1 Å². The molecule has 1 saturated carbocycles. The van der Waals surface area contributed by atoms with Crippen LogP contribution in [0.1, 0.15) is 54.9 Å². The van der Waals surface area contributed by atoms with Gasteiger partial charge >= 0.3 is 0 Å². The van der Waals surface area contributed by atoms with Gasteiger partial charge in [0.2, 0.25) is 0 Å². The number of pyridine rings is 1. The molecule has 1 aliphatic carbocycles. The van der Waals surface area contributed by atoms with E-state index in [2.05, 4.69) is 20.1 Å². The number of hydrogen-bond donors (Lipinski definition) is 1. The van der Waals surface area contributed by atoms with E-state index in [0.717, 1.165) is 55.5 Å². The highest BCUT2D eigenvalue weighted by molar-refractivity contribution is 6.36. The number of imidazole rings is 1. The average molecular weight is 391 g/mol. The number of halogens is 2. The van der Waals surface area contributed by atoms with Gasteiger partial charge in [0.05, 0.1) is 15.7 Å². The fraction of sp³-hybridized carbons (Fsp3) is 0.500. The van der Waals surface area contributed by atoms with E-state index in [1.807, 2.05) is 16.8 Å². The van der Waals surface area contributed by atoms with Gasteiger partial charge in [-0.25, -0.2) is 9.97 Å². The van der Waals surface area contributed by atoms with E-state index >= 15 is 0 Å². The SMILES string of the molecule is Clc1cc(Cl)c2nc(CN3CCC[C@@H](c4n[nH]c(C5CC5)n4)C3)cn2c1. The predicted molar refractivity (Wildman–Crippen MR) is 101 cm³/mol. The molecule has 2 aliphatic rings. The Bertz CT molecular complexity index is 944. The molecule has 0 aromatic carbocycles. The van der Waals surface area contributed by atoms with E-state index < -0.39 is 0 Å². The second-order valence-corrected chi connectivity index (χ2v) is 8.24. The summed E-state index contributed by atoms with van der Waals surface area (Å²) >= 11 is 12.3. The molecule has 26 heavy (non-hydrogen) atoms. The first-order chi connectivity index (χ1) is 12.7. The summed E-state index contributed by atoms with van der Waals surface area (Å²) in [7, 11) is 0. The Kier molecular flexibility index (Phi) is 4.14. The van der Waals surface area contributed by atoms with Crippen molar-refractivity contribution in [2.24, 2.45) is 0 Å². The molecule has 1 N–H and O–H groups in total. The van der Waals surface area contributed by atoms with Crippen molar-refractivity contribution in [1.29, 1.82) is 0 Å². The van der Waals surface area contributed by atoms with Crippen molar-refractivity contribution in [3.05, 3.63) is 45.8 Å². The van der Waals surface area contributed by atoms with Gasteiger partial charge in [-0.05, 0) is 38.3 Å². The maximum Gasteiger partial charge on any atom is 0.156 e.